The third-order valence-electron chi connectivity index (χ3n) is 2.93. The maximum Gasteiger partial charge on any atom is 0.337 e. The molecule has 0 fully saturated rings. The largest absolute Gasteiger partial charge is 0.478 e. The van der Waals surface area contributed by atoms with Gasteiger partial charge in [-0.3, -0.25) is 0 Å². The minimum Gasteiger partial charge on any atom is -0.478 e. The molecule has 4 nitrogen and oxygen atoms in total. The Morgan fingerprint density at radius 1 is 1.47 bits per heavy atom. The molecule has 0 unspecified atom stereocenters. The summed E-state index contributed by atoms with van der Waals surface area (Å²) < 4.78 is 0. The number of carboxylic acid groups (broad SMARTS) is 1. The van der Waals surface area contributed by atoms with Gasteiger partial charge in [0.1, 0.15) is 5.82 Å². The molecule has 1 N–H and O–H groups in total. The first-order chi connectivity index (χ1) is 8.08. The number of carboxylic acids is 1. The number of hydrogen-bond donors (Lipinski definition) is 1. The van der Waals surface area contributed by atoms with Gasteiger partial charge >= 0.3 is 5.97 Å². The average molecular weight is 232 g/mol. The van der Waals surface area contributed by atoms with E-state index in [4.69, 9.17) is 5.11 Å². The van der Waals surface area contributed by atoms with Crippen LogP contribution in [0.25, 0.3) is 0 Å². The molecular weight excluding hydrogens is 216 g/mol. The lowest BCUT2D eigenvalue weighted by atomic mass is 10.1. The van der Waals surface area contributed by atoms with E-state index >= 15 is 0 Å². The summed E-state index contributed by atoms with van der Waals surface area (Å²) in [7, 11) is 0. The van der Waals surface area contributed by atoms with Crippen LogP contribution in [0, 0.1) is 6.92 Å². The molecule has 1 aromatic rings. The van der Waals surface area contributed by atoms with Gasteiger partial charge < -0.3 is 10.0 Å². The molecule has 17 heavy (non-hydrogen) atoms. The van der Waals surface area contributed by atoms with Crippen LogP contribution >= 0.6 is 0 Å². The summed E-state index contributed by atoms with van der Waals surface area (Å²) in [5, 5.41) is 8.89. The number of aromatic nitrogens is 1. The van der Waals surface area contributed by atoms with Crippen molar-refractivity contribution in [3.8, 4) is 0 Å². The zero-order chi connectivity index (χ0) is 12.4. The smallest absolute Gasteiger partial charge is 0.337 e. The summed E-state index contributed by atoms with van der Waals surface area (Å²) in [6.45, 7) is 5.83. The van der Waals surface area contributed by atoms with Crippen molar-refractivity contribution in [2.24, 2.45) is 0 Å². The first-order valence-corrected chi connectivity index (χ1v) is 5.68. The van der Waals surface area contributed by atoms with Crippen LogP contribution < -0.4 is 4.90 Å². The fraction of sp³-hybridized carbons (Fsp3) is 0.385. The van der Waals surface area contributed by atoms with Crippen molar-refractivity contribution < 1.29 is 9.90 Å². The highest BCUT2D eigenvalue weighted by Crippen LogP contribution is 2.21. The van der Waals surface area contributed by atoms with Crippen LogP contribution in [0.3, 0.4) is 0 Å². The van der Waals surface area contributed by atoms with Gasteiger partial charge in [-0.1, -0.05) is 11.6 Å². The Bertz CT molecular complexity index is 480. The Labute approximate surface area is 101 Å². The fourth-order valence-corrected chi connectivity index (χ4v) is 2.11. The molecule has 2 rings (SSSR count). The summed E-state index contributed by atoms with van der Waals surface area (Å²) in [4.78, 5) is 17.3. The molecule has 2 heterocycles. The standard InChI is InChI=1S/C13H16N2O2/c1-9-4-3-5-15(8-9)12-10(2)6-11(7-14-12)13(16)17/h4,6-7H,3,5,8H2,1-2H3,(H,16,17). The number of aryl methyl sites for hydroxylation is 1. The van der Waals surface area contributed by atoms with E-state index in [2.05, 4.69) is 22.9 Å². The molecule has 0 saturated carbocycles. The molecule has 0 radical (unpaired) electrons. The van der Waals surface area contributed by atoms with E-state index in [0.29, 0.717) is 0 Å². The van der Waals surface area contributed by atoms with Gasteiger partial charge in [-0.25, -0.2) is 9.78 Å². The summed E-state index contributed by atoms with van der Waals surface area (Å²) in [6.07, 6.45) is 4.68. The molecule has 0 aromatic carbocycles. The zero-order valence-electron chi connectivity index (χ0n) is 10.1. The predicted molar refractivity (Wildman–Crippen MR) is 66.5 cm³/mol. The van der Waals surface area contributed by atoms with E-state index in [9.17, 15) is 4.79 Å². The number of hydrogen-bond acceptors (Lipinski definition) is 3. The highest BCUT2D eigenvalue weighted by molar-refractivity contribution is 5.87. The third-order valence-corrected chi connectivity index (χ3v) is 2.93. The molecule has 1 aliphatic heterocycles. The number of rotatable bonds is 2. The van der Waals surface area contributed by atoms with Crippen molar-refractivity contribution in [3.05, 3.63) is 35.0 Å². The van der Waals surface area contributed by atoms with E-state index in [1.54, 1.807) is 6.07 Å². The summed E-state index contributed by atoms with van der Waals surface area (Å²) in [5.74, 6) is -0.0377. The first kappa shape index (κ1) is 11.6. The SMILES string of the molecule is CC1=CCCN(c2ncc(C(=O)O)cc2C)C1. The molecule has 0 spiro atoms. The van der Waals surface area contributed by atoms with Crippen LogP contribution in [-0.4, -0.2) is 29.1 Å². The molecule has 0 saturated heterocycles. The predicted octanol–water partition coefficient (Wildman–Crippen LogP) is 2.24. The summed E-state index contributed by atoms with van der Waals surface area (Å²) >= 11 is 0. The Morgan fingerprint density at radius 2 is 2.24 bits per heavy atom. The highest BCUT2D eigenvalue weighted by atomic mass is 16.4. The van der Waals surface area contributed by atoms with Crippen molar-refractivity contribution in [1.29, 1.82) is 0 Å². The normalized spacial score (nSPS) is 15.6. The topological polar surface area (TPSA) is 53.4 Å². The second-order valence-corrected chi connectivity index (χ2v) is 4.43. The molecule has 1 aliphatic rings. The van der Waals surface area contributed by atoms with Crippen molar-refractivity contribution in [3.63, 3.8) is 0 Å². The maximum absolute atomic E-state index is 10.8. The van der Waals surface area contributed by atoms with E-state index in [1.165, 1.54) is 11.8 Å². The molecule has 90 valence electrons. The molecule has 0 amide bonds. The molecule has 4 heteroatoms. The Morgan fingerprint density at radius 3 is 2.82 bits per heavy atom. The van der Waals surface area contributed by atoms with Crippen molar-refractivity contribution in [2.45, 2.75) is 20.3 Å². The minimum atomic E-state index is -0.929. The van der Waals surface area contributed by atoms with Crippen LogP contribution in [0.5, 0.6) is 0 Å². The number of aromatic carboxylic acids is 1. The highest BCUT2D eigenvalue weighted by Gasteiger charge is 2.15. The van der Waals surface area contributed by atoms with Gasteiger partial charge in [-0.05, 0) is 31.9 Å². The molecule has 1 aromatic heterocycles. The van der Waals surface area contributed by atoms with Crippen LogP contribution in [0.2, 0.25) is 0 Å². The van der Waals surface area contributed by atoms with Gasteiger partial charge in [0.15, 0.2) is 0 Å². The third kappa shape index (κ3) is 2.46. The fourth-order valence-electron chi connectivity index (χ4n) is 2.11. The Kier molecular flexibility index (Phi) is 3.13. The maximum atomic E-state index is 10.8. The van der Waals surface area contributed by atoms with Gasteiger partial charge in [-0.2, -0.15) is 0 Å². The van der Waals surface area contributed by atoms with Crippen LogP contribution in [0.1, 0.15) is 29.3 Å². The molecular formula is C13H16N2O2. The van der Waals surface area contributed by atoms with Gasteiger partial charge in [0.2, 0.25) is 0 Å². The van der Waals surface area contributed by atoms with E-state index in [1.807, 2.05) is 6.92 Å². The minimum absolute atomic E-state index is 0.246. The van der Waals surface area contributed by atoms with Gasteiger partial charge in [0, 0.05) is 19.3 Å². The van der Waals surface area contributed by atoms with Crippen molar-refractivity contribution in [2.75, 3.05) is 18.0 Å². The lowest BCUT2D eigenvalue weighted by Crippen LogP contribution is -2.30. The average Bonchev–Trinajstić information content (AvgIpc) is 2.28. The lowest BCUT2D eigenvalue weighted by molar-refractivity contribution is 0.0696. The van der Waals surface area contributed by atoms with Crippen LogP contribution in [0.15, 0.2) is 23.9 Å². The van der Waals surface area contributed by atoms with Crippen LogP contribution in [0.4, 0.5) is 5.82 Å². The van der Waals surface area contributed by atoms with E-state index in [-0.39, 0.29) is 5.56 Å². The van der Waals surface area contributed by atoms with Crippen molar-refractivity contribution in [1.82, 2.24) is 4.98 Å². The molecule has 0 atom stereocenters. The summed E-state index contributed by atoms with van der Waals surface area (Å²) in [5.41, 5.74) is 2.50. The molecule has 0 bridgehead atoms. The first-order valence-electron chi connectivity index (χ1n) is 5.68. The van der Waals surface area contributed by atoms with Crippen molar-refractivity contribution >= 4 is 11.8 Å². The number of carbonyl (C=O) groups is 1. The number of anilines is 1. The molecule has 0 aliphatic carbocycles. The Balaban J connectivity index is 2.28. The van der Waals surface area contributed by atoms with E-state index in [0.717, 1.165) is 30.9 Å². The zero-order valence-corrected chi connectivity index (χ0v) is 10.1. The Hall–Kier alpha value is -1.84. The second-order valence-electron chi connectivity index (χ2n) is 4.43. The van der Waals surface area contributed by atoms with Crippen LogP contribution in [-0.2, 0) is 0 Å². The quantitative estimate of drug-likeness (QED) is 0.794. The summed E-state index contributed by atoms with van der Waals surface area (Å²) in [6, 6.07) is 1.68. The lowest BCUT2D eigenvalue weighted by Gasteiger charge is -2.28. The van der Waals surface area contributed by atoms with E-state index < -0.39 is 5.97 Å². The van der Waals surface area contributed by atoms with Gasteiger partial charge in [0.25, 0.3) is 0 Å². The number of nitrogens with zero attached hydrogens (tertiary/aromatic N) is 2. The van der Waals surface area contributed by atoms with Gasteiger partial charge in [0.05, 0.1) is 5.56 Å². The number of pyridine rings is 1. The second kappa shape index (κ2) is 4.57. The van der Waals surface area contributed by atoms with Gasteiger partial charge in [-0.15, -0.1) is 0 Å². The monoisotopic (exact) mass is 232 g/mol.